The fraction of sp³-hybridized carbons (Fsp3) is 0.278. The van der Waals surface area contributed by atoms with Crippen molar-refractivity contribution in [1.29, 1.82) is 0 Å². The van der Waals surface area contributed by atoms with Gasteiger partial charge in [-0.3, -0.25) is 9.78 Å². The third kappa shape index (κ3) is 3.91. The predicted molar refractivity (Wildman–Crippen MR) is 92.9 cm³/mol. The largest absolute Gasteiger partial charge is 0.482 e. The van der Waals surface area contributed by atoms with Gasteiger partial charge >= 0.3 is 5.97 Å². The number of aryl methyl sites for hydroxylation is 1. The van der Waals surface area contributed by atoms with E-state index in [-0.39, 0.29) is 18.9 Å². The number of carboxylic acids is 1. The highest BCUT2D eigenvalue weighted by Gasteiger charge is 2.18. The fourth-order valence-electron chi connectivity index (χ4n) is 2.56. The van der Waals surface area contributed by atoms with Crippen molar-refractivity contribution in [1.82, 2.24) is 10.1 Å². The summed E-state index contributed by atoms with van der Waals surface area (Å²) >= 11 is 6.35. The Morgan fingerprint density at radius 2 is 2.24 bits per heavy atom. The van der Waals surface area contributed by atoms with Crippen molar-refractivity contribution in [2.75, 3.05) is 0 Å². The van der Waals surface area contributed by atoms with Crippen LogP contribution in [0.5, 0.6) is 5.75 Å². The van der Waals surface area contributed by atoms with Crippen molar-refractivity contribution in [2.45, 2.75) is 32.3 Å². The van der Waals surface area contributed by atoms with Crippen LogP contribution in [0.4, 0.5) is 0 Å². The second-order valence-electron chi connectivity index (χ2n) is 5.57. The molecule has 25 heavy (non-hydrogen) atoms. The van der Waals surface area contributed by atoms with Crippen LogP contribution in [0.3, 0.4) is 0 Å². The molecule has 1 atom stereocenters. The molecule has 0 saturated heterocycles. The zero-order valence-corrected chi connectivity index (χ0v) is 14.4. The maximum Gasteiger partial charge on any atom is 0.303 e. The number of aliphatic carboxylic acids is 1. The first kappa shape index (κ1) is 17.2. The van der Waals surface area contributed by atoms with Crippen molar-refractivity contribution < 1.29 is 19.2 Å². The van der Waals surface area contributed by atoms with E-state index in [0.717, 1.165) is 12.1 Å². The highest BCUT2D eigenvalue weighted by atomic mass is 35.5. The summed E-state index contributed by atoms with van der Waals surface area (Å²) < 4.78 is 11.3. The summed E-state index contributed by atoms with van der Waals surface area (Å²) in [6.45, 7) is 2.00. The molecular weight excluding hydrogens is 344 g/mol. The van der Waals surface area contributed by atoms with Gasteiger partial charge in [0.1, 0.15) is 11.9 Å². The Bertz CT molecular complexity index is 879. The fourth-order valence-corrected chi connectivity index (χ4v) is 2.77. The molecular formula is C18H17ClN2O4. The smallest absolute Gasteiger partial charge is 0.303 e. The molecule has 0 aliphatic carbocycles. The summed E-state index contributed by atoms with van der Waals surface area (Å²) in [6, 6.07) is 9.04. The highest BCUT2D eigenvalue weighted by Crippen LogP contribution is 2.35. The van der Waals surface area contributed by atoms with Crippen molar-refractivity contribution in [3.05, 3.63) is 52.9 Å². The summed E-state index contributed by atoms with van der Waals surface area (Å²) in [7, 11) is 0. The standard InChI is InChI=1S/C18H17ClN2O4/c1-2-15(14-5-3-4-8-20-14)24-17-10-16-11(9-12(17)19)13(21-25-16)6-7-18(22)23/h3-5,8-10,15H,2,6-7H2,1H3,(H,22,23). The quantitative estimate of drug-likeness (QED) is 0.671. The molecule has 0 aliphatic heterocycles. The molecule has 0 bridgehead atoms. The van der Waals surface area contributed by atoms with Crippen LogP contribution in [0.15, 0.2) is 41.1 Å². The summed E-state index contributed by atoms with van der Waals surface area (Å²) in [5.41, 5.74) is 1.90. The van der Waals surface area contributed by atoms with Gasteiger partial charge in [0.25, 0.3) is 0 Å². The van der Waals surface area contributed by atoms with Gasteiger partial charge in [-0.25, -0.2) is 0 Å². The molecule has 7 heteroatoms. The number of rotatable bonds is 7. The molecule has 0 amide bonds. The Morgan fingerprint density at radius 1 is 1.40 bits per heavy atom. The summed E-state index contributed by atoms with van der Waals surface area (Å²) in [5.74, 6) is -0.407. The number of nitrogens with zero attached hydrogens (tertiary/aromatic N) is 2. The molecule has 3 aromatic rings. The van der Waals surface area contributed by atoms with E-state index in [1.165, 1.54) is 0 Å². The molecule has 0 saturated carbocycles. The van der Waals surface area contributed by atoms with Gasteiger partial charge < -0.3 is 14.4 Å². The Labute approximate surface area is 149 Å². The van der Waals surface area contributed by atoms with Crippen LogP contribution in [0.25, 0.3) is 11.0 Å². The number of benzene rings is 1. The van der Waals surface area contributed by atoms with Gasteiger partial charge in [0.2, 0.25) is 0 Å². The summed E-state index contributed by atoms with van der Waals surface area (Å²) in [5, 5.41) is 13.9. The maximum atomic E-state index is 10.7. The van der Waals surface area contributed by atoms with Crippen LogP contribution in [0, 0.1) is 0 Å². The van der Waals surface area contributed by atoms with Crippen molar-refractivity contribution in [3.63, 3.8) is 0 Å². The first-order valence-corrected chi connectivity index (χ1v) is 8.33. The Hall–Kier alpha value is -2.60. The van der Waals surface area contributed by atoms with Gasteiger partial charge in [0, 0.05) is 24.1 Å². The lowest BCUT2D eigenvalue weighted by Crippen LogP contribution is -2.08. The van der Waals surface area contributed by atoms with E-state index in [0.29, 0.717) is 27.4 Å². The molecule has 6 nitrogen and oxygen atoms in total. The molecule has 1 N–H and O–H groups in total. The number of carbonyl (C=O) groups is 1. The molecule has 0 spiro atoms. The van der Waals surface area contributed by atoms with Gasteiger partial charge in [-0.1, -0.05) is 29.7 Å². The lowest BCUT2D eigenvalue weighted by Gasteiger charge is -2.17. The monoisotopic (exact) mass is 360 g/mol. The van der Waals surface area contributed by atoms with Gasteiger partial charge in [-0.05, 0) is 24.6 Å². The van der Waals surface area contributed by atoms with Crippen molar-refractivity contribution >= 4 is 28.5 Å². The van der Waals surface area contributed by atoms with E-state index in [2.05, 4.69) is 10.1 Å². The normalized spacial score (nSPS) is 12.2. The minimum absolute atomic E-state index is 0.0188. The summed E-state index contributed by atoms with van der Waals surface area (Å²) in [6.07, 6.45) is 2.48. The zero-order valence-electron chi connectivity index (χ0n) is 13.6. The first-order chi connectivity index (χ1) is 12.1. The second-order valence-corrected chi connectivity index (χ2v) is 5.98. The molecule has 2 heterocycles. The molecule has 0 radical (unpaired) electrons. The Balaban J connectivity index is 1.87. The topological polar surface area (TPSA) is 85.5 Å². The molecule has 1 unspecified atom stereocenters. The van der Waals surface area contributed by atoms with E-state index >= 15 is 0 Å². The third-order valence-corrected chi connectivity index (χ3v) is 4.13. The Morgan fingerprint density at radius 3 is 2.92 bits per heavy atom. The van der Waals surface area contributed by atoms with Gasteiger partial charge in [0.05, 0.1) is 22.8 Å². The number of aromatic nitrogens is 2. The van der Waals surface area contributed by atoms with E-state index in [4.69, 9.17) is 26.0 Å². The lowest BCUT2D eigenvalue weighted by molar-refractivity contribution is -0.136. The van der Waals surface area contributed by atoms with Crippen LogP contribution in [-0.2, 0) is 11.2 Å². The highest BCUT2D eigenvalue weighted by molar-refractivity contribution is 6.32. The minimum Gasteiger partial charge on any atom is -0.482 e. The molecule has 3 rings (SSSR count). The van der Waals surface area contributed by atoms with Crippen molar-refractivity contribution in [3.8, 4) is 5.75 Å². The van der Waals surface area contributed by atoms with E-state index in [9.17, 15) is 4.79 Å². The number of hydrogen-bond donors (Lipinski definition) is 1. The SMILES string of the molecule is CCC(Oc1cc2onc(CCC(=O)O)c2cc1Cl)c1ccccn1. The van der Waals surface area contributed by atoms with Gasteiger partial charge in [-0.2, -0.15) is 0 Å². The van der Waals surface area contributed by atoms with Crippen LogP contribution >= 0.6 is 11.6 Å². The van der Waals surface area contributed by atoms with E-state index in [1.54, 1.807) is 18.3 Å². The van der Waals surface area contributed by atoms with Crippen LogP contribution < -0.4 is 4.74 Å². The van der Waals surface area contributed by atoms with Crippen molar-refractivity contribution in [2.24, 2.45) is 0 Å². The third-order valence-electron chi connectivity index (χ3n) is 3.83. The average molecular weight is 361 g/mol. The van der Waals surface area contributed by atoms with Crippen LogP contribution in [-0.4, -0.2) is 21.2 Å². The molecule has 130 valence electrons. The van der Waals surface area contributed by atoms with Gasteiger partial charge in [0.15, 0.2) is 5.58 Å². The minimum atomic E-state index is -0.886. The number of fused-ring (bicyclic) bond motifs is 1. The molecule has 1 aromatic carbocycles. The number of ether oxygens (including phenoxy) is 1. The molecule has 0 aliphatic rings. The molecule has 0 fully saturated rings. The predicted octanol–water partition coefficient (Wildman–Crippen LogP) is 4.42. The second kappa shape index (κ2) is 7.53. The van der Waals surface area contributed by atoms with Crippen LogP contribution in [0.2, 0.25) is 5.02 Å². The number of hydrogen-bond acceptors (Lipinski definition) is 5. The lowest BCUT2D eigenvalue weighted by atomic mass is 10.1. The first-order valence-electron chi connectivity index (χ1n) is 7.95. The Kier molecular flexibility index (Phi) is 5.19. The van der Waals surface area contributed by atoms with Gasteiger partial charge in [-0.15, -0.1) is 0 Å². The molecule has 2 aromatic heterocycles. The summed E-state index contributed by atoms with van der Waals surface area (Å²) in [4.78, 5) is 15.1. The number of pyridine rings is 1. The number of carboxylic acid groups (broad SMARTS) is 1. The van der Waals surface area contributed by atoms with Crippen LogP contribution in [0.1, 0.15) is 37.3 Å². The average Bonchev–Trinajstić information content (AvgIpc) is 3.00. The number of halogens is 1. The van der Waals surface area contributed by atoms with E-state index in [1.807, 2.05) is 25.1 Å². The zero-order chi connectivity index (χ0) is 17.8. The van der Waals surface area contributed by atoms with E-state index < -0.39 is 5.97 Å². The maximum absolute atomic E-state index is 10.7.